The molecule has 0 saturated heterocycles. The Hall–Kier alpha value is -1.81. The number of aryl methyl sites for hydroxylation is 1. The van der Waals surface area contributed by atoms with Crippen molar-refractivity contribution in [2.24, 2.45) is 0 Å². The minimum Gasteiger partial charge on any atom is -0.398 e. The molecule has 21 heavy (non-hydrogen) atoms. The van der Waals surface area contributed by atoms with Gasteiger partial charge in [-0.25, -0.2) is 0 Å². The van der Waals surface area contributed by atoms with Crippen LogP contribution in [0.4, 0.5) is 5.69 Å². The molecule has 4 heteroatoms. The molecule has 0 aliphatic rings. The number of hydrogen-bond donors (Lipinski definition) is 2. The summed E-state index contributed by atoms with van der Waals surface area (Å²) in [6, 6.07) is 13.5. The van der Waals surface area contributed by atoms with E-state index in [1.54, 1.807) is 18.2 Å². The summed E-state index contributed by atoms with van der Waals surface area (Å²) in [5.74, 6) is -0.102. The molecule has 0 spiro atoms. The summed E-state index contributed by atoms with van der Waals surface area (Å²) in [6.45, 7) is 4.09. The lowest BCUT2D eigenvalue weighted by atomic mass is 10.0. The third-order valence-electron chi connectivity index (χ3n) is 3.42. The molecule has 2 aromatic rings. The number of nitrogen functional groups attached to an aromatic ring is 1. The molecule has 0 aromatic heterocycles. The van der Waals surface area contributed by atoms with Crippen molar-refractivity contribution in [1.82, 2.24) is 5.32 Å². The van der Waals surface area contributed by atoms with Crippen molar-refractivity contribution < 1.29 is 4.79 Å². The summed E-state index contributed by atoms with van der Waals surface area (Å²) < 4.78 is 0.798. The number of nitrogens with one attached hydrogen (secondary N) is 1. The number of anilines is 1. The molecule has 1 amide bonds. The first-order valence-electron chi connectivity index (χ1n) is 6.87. The molecular weight excluding hydrogens is 328 g/mol. The fourth-order valence-corrected chi connectivity index (χ4v) is 2.46. The molecule has 0 aliphatic heterocycles. The smallest absolute Gasteiger partial charge is 0.251 e. The van der Waals surface area contributed by atoms with E-state index < -0.39 is 0 Å². The second-order valence-corrected chi connectivity index (χ2v) is 6.10. The van der Waals surface area contributed by atoms with Crippen molar-refractivity contribution in [3.8, 4) is 0 Å². The van der Waals surface area contributed by atoms with Gasteiger partial charge in [0.2, 0.25) is 0 Å². The number of amides is 1. The number of carbonyl (C=O) groups is 1. The van der Waals surface area contributed by atoms with E-state index in [1.807, 2.05) is 19.1 Å². The van der Waals surface area contributed by atoms with Gasteiger partial charge in [-0.15, -0.1) is 0 Å². The van der Waals surface area contributed by atoms with Crippen molar-refractivity contribution in [1.29, 1.82) is 0 Å². The molecule has 2 rings (SSSR count). The highest BCUT2D eigenvalue weighted by Crippen LogP contribution is 2.20. The molecule has 1 atom stereocenters. The second kappa shape index (κ2) is 6.76. The number of halogens is 1. The second-order valence-electron chi connectivity index (χ2n) is 5.24. The quantitative estimate of drug-likeness (QED) is 0.829. The molecule has 1 unspecified atom stereocenters. The van der Waals surface area contributed by atoms with Gasteiger partial charge in [0.15, 0.2) is 0 Å². The van der Waals surface area contributed by atoms with E-state index in [0.29, 0.717) is 11.3 Å². The zero-order valence-electron chi connectivity index (χ0n) is 12.2. The van der Waals surface area contributed by atoms with Gasteiger partial charge in [-0.3, -0.25) is 4.79 Å². The summed E-state index contributed by atoms with van der Waals surface area (Å²) >= 11 is 3.32. The van der Waals surface area contributed by atoms with E-state index in [4.69, 9.17) is 5.73 Å². The van der Waals surface area contributed by atoms with Gasteiger partial charge in [-0.2, -0.15) is 0 Å². The van der Waals surface area contributed by atoms with E-state index >= 15 is 0 Å². The van der Waals surface area contributed by atoms with E-state index in [-0.39, 0.29) is 11.9 Å². The first-order valence-corrected chi connectivity index (χ1v) is 7.67. The lowest BCUT2D eigenvalue weighted by Gasteiger charge is -2.15. The summed E-state index contributed by atoms with van der Waals surface area (Å²) in [7, 11) is 0. The minimum atomic E-state index is -0.102. The predicted octanol–water partition coefficient (Wildman–Crippen LogP) is 3.70. The summed E-state index contributed by atoms with van der Waals surface area (Å²) in [6.07, 6.45) is 0.810. The number of hydrogen-bond acceptors (Lipinski definition) is 2. The monoisotopic (exact) mass is 346 g/mol. The van der Waals surface area contributed by atoms with Crippen LogP contribution >= 0.6 is 15.9 Å². The van der Waals surface area contributed by atoms with Crippen LogP contribution in [0.2, 0.25) is 0 Å². The van der Waals surface area contributed by atoms with Gasteiger partial charge in [-0.1, -0.05) is 24.3 Å². The van der Waals surface area contributed by atoms with Gasteiger partial charge < -0.3 is 11.1 Å². The Morgan fingerprint density at radius 3 is 2.67 bits per heavy atom. The molecular formula is C17H19BrN2O. The average molecular weight is 347 g/mol. The molecule has 0 radical (unpaired) electrons. The lowest BCUT2D eigenvalue weighted by molar-refractivity contribution is 0.0940. The number of carbonyl (C=O) groups excluding carboxylic acids is 1. The first-order chi connectivity index (χ1) is 9.97. The number of rotatable bonds is 4. The molecule has 3 nitrogen and oxygen atoms in total. The molecule has 0 fully saturated rings. The fraction of sp³-hybridized carbons (Fsp3) is 0.235. The fourth-order valence-electron chi connectivity index (χ4n) is 2.21. The highest BCUT2D eigenvalue weighted by Gasteiger charge is 2.12. The van der Waals surface area contributed by atoms with Crippen LogP contribution in [-0.2, 0) is 6.42 Å². The maximum Gasteiger partial charge on any atom is 0.251 e. The predicted molar refractivity (Wildman–Crippen MR) is 90.4 cm³/mol. The van der Waals surface area contributed by atoms with Gasteiger partial charge in [0.25, 0.3) is 5.91 Å². The Morgan fingerprint density at radius 2 is 2.00 bits per heavy atom. The van der Waals surface area contributed by atoms with Crippen LogP contribution in [0.5, 0.6) is 0 Å². The number of nitrogens with two attached hydrogens (primary N) is 1. The standard InChI is InChI=1S/C17H19BrN2O/c1-11-5-3-4-6-13(11)9-12(2)20-17(21)14-7-8-15(18)16(19)10-14/h3-8,10,12H,9,19H2,1-2H3,(H,20,21). The highest BCUT2D eigenvalue weighted by atomic mass is 79.9. The SMILES string of the molecule is Cc1ccccc1CC(C)NC(=O)c1ccc(Br)c(N)c1. The Morgan fingerprint density at radius 1 is 1.29 bits per heavy atom. The molecule has 0 bridgehead atoms. The van der Waals surface area contributed by atoms with Gasteiger partial charge in [0.05, 0.1) is 0 Å². The largest absolute Gasteiger partial charge is 0.398 e. The van der Waals surface area contributed by atoms with Crippen molar-refractivity contribution in [2.75, 3.05) is 5.73 Å². The van der Waals surface area contributed by atoms with Crippen LogP contribution in [0.3, 0.4) is 0 Å². The van der Waals surface area contributed by atoms with E-state index in [2.05, 4.69) is 40.3 Å². The van der Waals surface area contributed by atoms with E-state index in [0.717, 1.165) is 10.9 Å². The van der Waals surface area contributed by atoms with Crippen LogP contribution < -0.4 is 11.1 Å². The summed E-state index contributed by atoms with van der Waals surface area (Å²) in [5.41, 5.74) is 9.44. The Bertz CT molecular complexity index is 655. The van der Waals surface area contributed by atoms with Crippen LogP contribution in [0.1, 0.15) is 28.4 Å². The molecule has 0 aliphatic carbocycles. The van der Waals surface area contributed by atoms with Crippen LogP contribution in [-0.4, -0.2) is 11.9 Å². The normalized spacial score (nSPS) is 12.0. The maximum absolute atomic E-state index is 12.2. The Balaban J connectivity index is 2.02. The van der Waals surface area contributed by atoms with Gasteiger partial charge in [0, 0.05) is 21.8 Å². The minimum absolute atomic E-state index is 0.0588. The highest BCUT2D eigenvalue weighted by molar-refractivity contribution is 9.10. The topological polar surface area (TPSA) is 55.1 Å². The van der Waals surface area contributed by atoms with Gasteiger partial charge in [0.1, 0.15) is 0 Å². The lowest BCUT2D eigenvalue weighted by Crippen LogP contribution is -2.34. The first kappa shape index (κ1) is 15.6. The van der Waals surface area contributed by atoms with Crippen LogP contribution in [0.25, 0.3) is 0 Å². The van der Waals surface area contributed by atoms with E-state index in [1.165, 1.54) is 11.1 Å². The summed E-state index contributed by atoms with van der Waals surface area (Å²) in [4.78, 5) is 12.2. The Kier molecular flexibility index (Phi) is 5.02. The zero-order chi connectivity index (χ0) is 15.4. The number of benzene rings is 2. The van der Waals surface area contributed by atoms with Gasteiger partial charge >= 0.3 is 0 Å². The Labute approximate surface area is 133 Å². The maximum atomic E-state index is 12.2. The van der Waals surface area contributed by atoms with Crippen LogP contribution in [0, 0.1) is 6.92 Å². The van der Waals surface area contributed by atoms with Crippen molar-refractivity contribution >= 4 is 27.5 Å². The zero-order valence-corrected chi connectivity index (χ0v) is 13.8. The molecule has 2 aromatic carbocycles. The average Bonchev–Trinajstić information content (AvgIpc) is 2.44. The molecule has 0 heterocycles. The van der Waals surface area contributed by atoms with E-state index in [9.17, 15) is 4.79 Å². The van der Waals surface area contributed by atoms with Crippen molar-refractivity contribution in [2.45, 2.75) is 26.3 Å². The van der Waals surface area contributed by atoms with Crippen molar-refractivity contribution in [3.63, 3.8) is 0 Å². The molecule has 110 valence electrons. The summed E-state index contributed by atoms with van der Waals surface area (Å²) in [5, 5.41) is 3.01. The van der Waals surface area contributed by atoms with Crippen molar-refractivity contribution in [3.05, 3.63) is 63.6 Å². The molecule has 3 N–H and O–H groups in total. The third-order valence-corrected chi connectivity index (χ3v) is 4.15. The molecule has 0 saturated carbocycles. The third kappa shape index (κ3) is 4.08. The van der Waals surface area contributed by atoms with Crippen LogP contribution in [0.15, 0.2) is 46.9 Å². The van der Waals surface area contributed by atoms with Gasteiger partial charge in [-0.05, 0) is 65.5 Å².